The van der Waals surface area contributed by atoms with E-state index in [1.807, 2.05) is 24.3 Å². The molecule has 0 spiro atoms. The van der Waals surface area contributed by atoms with Crippen LogP contribution >= 0.6 is 8.58 Å². The zero-order chi connectivity index (χ0) is 28.8. The summed E-state index contributed by atoms with van der Waals surface area (Å²) in [5, 5.41) is 0. The first-order chi connectivity index (χ1) is 18.0. The van der Waals surface area contributed by atoms with E-state index in [9.17, 15) is 43.9 Å². The molecule has 39 heavy (non-hydrogen) atoms. The molecular formula is C26H21BF10PZr. The van der Waals surface area contributed by atoms with Crippen LogP contribution in [0.5, 0.6) is 0 Å². The molecule has 0 N–H and O–H groups in total. The SMILES string of the molecule is CCPCC.Fc1c(F)c(F)c([B]c2c(F)c(F)c(F)c(F)c2F)c(F)c1F.[C-]1=CC=CC1.[C-]1=CC=CC1.[Zr+2]. The van der Waals surface area contributed by atoms with Gasteiger partial charge in [-0.05, 0) is 23.2 Å². The smallest absolute Gasteiger partial charge is 0.273 e. The summed E-state index contributed by atoms with van der Waals surface area (Å²) in [6, 6.07) is 0. The standard InChI is InChI=1S/C12BF10.2C5H5.C4H11P.Zr/c14-3-1(4(15)8(19)11(22)7(3)18)13-2-5(16)9(20)12(23)10(21)6(2)17;2*1-2-4-5-3-1;1-3-5-4-2;/h;2*1-3H,4H2;5H,3-4H2,1-2H3;/q;2*-1;;+2. The molecule has 0 heterocycles. The fourth-order valence-corrected chi connectivity index (χ4v) is 3.07. The van der Waals surface area contributed by atoms with E-state index in [1.54, 1.807) is 0 Å². The van der Waals surface area contributed by atoms with Gasteiger partial charge in [-0.1, -0.05) is 13.8 Å². The largest absolute Gasteiger partial charge is 2.00 e. The monoisotopic (exact) mass is 655 g/mol. The maximum absolute atomic E-state index is 13.4. The number of halogens is 10. The quantitative estimate of drug-likeness (QED) is 0.0828. The average Bonchev–Trinajstić information content (AvgIpc) is 3.69. The van der Waals surface area contributed by atoms with Crippen molar-refractivity contribution in [3.8, 4) is 0 Å². The molecule has 2 aliphatic rings. The van der Waals surface area contributed by atoms with E-state index in [0.29, 0.717) is 0 Å². The summed E-state index contributed by atoms with van der Waals surface area (Å²) in [5.74, 6) is -24.9. The van der Waals surface area contributed by atoms with Gasteiger partial charge < -0.3 is 0 Å². The zero-order valence-electron chi connectivity index (χ0n) is 20.6. The topological polar surface area (TPSA) is 0 Å². The van der Waals surface area contributed by atoms with E-state index in [0.717, 1.165) is 12.8 Å². The molecule has 0 aromatic heterocycles. The zero-order valence-corrected chi connectivity index (χ0v) is 24.1. The molecule has 0 atom stereocenters. The van der Waals surface area contributed by atoms with E-state index in [-0.39, 0.29) is 33.5 Å². The Balaban J connectivity index is 0.000000726. The minimum atomic E-state index is -2.55. The van der Waals surface area contributed by atoms with Gasteiger partial charge in [-0.3, -0.25) is 12.2 Å². The Labute approximate surface area is 242 Å². The fourth-order valence-electron chi connectivity index (χ4n) is 2.57. The number of benzene rings is 2. The van der Waals surface area contributed by atoms with Crippen molar-refractivity contribution < 1.29 is 70.1 Å². The summed E-state index contributed by atoms with van der Waals surface area (Å²) in [6.45, 7) is 4.45. The molecule has 2 aromatic carbocycles. The van der Waals surface area contributed by atoms with Gasteiger partial charge in [-0.25, -0.2) is 68.2 Å². The first kappa shape index (κ1) is 37.1. The molecule has 1 radical (unpaired) electrons. The molecule has 13 heteroatoms. The Bertz CT molecular complexity index is 1040. The van der Waals surface area contributed by atoms with Crippen molar-refractivity contribution in [1.82, 2.24) is 0 Å². The second-order valence-corrected chi connectivity index (χ2v) is 8.99. The van der Waals surface area contributed by atoms with E-state index < -0.39 is 69.1 Å². The summed E-state index contributed by atoms with van der Waals surface area (Å²) in [5.41, 5.74) is -3.71. The minimum absolute atomic E-state index is 0. The van der Waals surface area contributed by atoms with Gasteiger partial charge in [0.05, 0.1) is 0 Å². The number of hydrogen-bond donors (Lipinski definition) is 0. The third-order valence-corrected chi connectivity index (χ3v) is 5.45. The number of rotatable bonds is 4. The van der Waals surface area contributed by atoms with E-state index in [1.165, 1.54) is 20.9 Å². The van der Waals surface area contributed by atoms with Crippen LogP contribution in [0.3, 0.4) is 0 Å². The summed E-state index contributed by atoms with van der Waals surface area (Å²) in [6.07, 6.45) is 22.7. The molecule has 0 bridgehead atoms. The van der Waals surface area contributed by atoms with Gasteiger partial charge in [-0.15, -0.1) is 21.4 Å². The van der Waals surface area contributed by atoms with E-state index in [2.05, 4.69) is 38.2 Å². The van der Waals surface area contributed by atoms with E-state index in [4.69, 9.17) is 0 Å². The van der Waals surface area contributed by atoms with Gasteiger partial charge in [0.2, 0.25) is 7.28 Å². The fraction of sp³-hybridized carbons (Fsp3) is 0.231. The van der Waals surface area contributed by atoms with Crippen molar-refractivity contribution in [3.63, 3.8) is 0 Å². The first-order valence-corrected chi connectivity index (χ1v) is 12.4. The molecular weight excluding hydrogens is 635 g/mol. The second-order valence-electron chi connectivity index (χ2n) is 7.07. The molecule has 0 saturated heterocycles. The summed E-state index contributed by atoms with van der Waals surface area (Å²) >= 11 is 0. The number of hydrogen-bond acceptors (Lipinski definition) is 0. The predicted molar refractivity (Wildman–Crippen MR) is 130 cm³/mol. The maximum Gasteiger partial charge on any atom is 2.00 e. The third kappa shape index (κ3) is 10.9. The first-order valence-electron chi connectivity index (χ1n) is 11.0. The molecule has 0 amide bonds. The van der Waals surface area contributed by atoms with Gasteiger partial charge in [0.1, 0.15) is 0 Å². The summed E-state index contributed by atoms with van der Waals surface area (Å²) < 4.78 is 131. The van der Waals surface area contributed by atoms with Crippen molar-refractivity contribution in [2.45, 2.75) is 26.7 Å². The Morgan fingerprint density at radius 2 is 0.846 bits per heavy atom. The van der Waals surface area contributed by atoms with Gasteiger partial charge in [0.15, 0.2) is 58.2 Å². The van der Waals surface area contributed by atoms with Crippen LogP contribution in [0.25, 0.3) is 0 Å². The van der Waals surface area contributed by atoms with Crippen molar-refractivity contribution in [2.24, 2.45) is 0 Å². The Morgan fingerprint density at radius 3 is 1.00 bits per heavy atom. The Morgan fingerprint density at radius 1 is 0.564 bits per heavy atom. The average molecular weight is 656 g/mol. The molecule has 0 aliphatic heterocycles. The summed E-state index contributed by atoms with van der Waals surface area (Å²) in [7, 11) is 0.829. The van der Waals surface area contributed by atoms with Gasteiger partial charge in [-0.2, -0.15) is 12.2 Å². The second kappa shape index (κ2) is 19.2. The molecule has 207 valence electrons. The Kier molecular flexibility index (Phi) is 18.3. The van der Waals surface area contributed by atoms with E-state index >= 15 is 0 Å². The van der Waals surface area contributed by atoms with Gasteiger partial charge >= 0.3 is 26.2 Å². The van der Waals surface area contributed by atoms with Crippen LogP contribution in [0.2, 0.25) is 0 Å². The van der Waals surface area contributed by atoms with Crippen LogP contribution in [0.1, 0.15) is 26.7 Å². The number of allylic oxidation sites excluding steroid dienone is 8. The van der Waals surface area contributed by atoms with Crippen molar-refractivity contribution in [3.05, 3.63) is 107 Å². The van der Waals surface area contributed by atoms with Crippen LogP contribution in [-0.2, 0) is 26.2 Å². The maximum atomic E-state index is 13.4. The van der Waals surface area contributed by atoms with Crippen molar-refractivity contribution in [2.75, 3.05) is 12.3 Å². The molecule has 0 fully saturated rings. The van der Waals surface area contributed by atoms with Crippen molar-refractivity contribution in [1.29, 1.82) is 0 Å². The molecule has 0 unspecified atom stereocenters. The van der Waals surface area contributed by atoms with Crippen LogP contribution in [0.15, 0.2) is 36.5 Å². The van der Waals surface area contributed by atoms with Gasteiger partial charge in [0.25, 0.3) is 0 Å². The van der Waals surface area contributed by atoms with Crippen LogP contribution < -0.4 is 10.9 Å². The summed E-state index contributed by atoms with van der Waals surface area (Å²) in [4.78, 5) is 0. The predicted octanol–water partition coefficient (Wildman–Crippen LogP) is 7.05. The normalized spacial score (nSPS) is 12.1. The molecule has 0 nitrogen and oxygen atoms in total. The molecule has 0 saturated carbocycles. The van der Waals surface area contributed by atoms with Crippen LogP contribution in [0, 0.1) is 70.3 Å². The molecule has 2 aliphatic carbocycles. The third-order valence-electron chi connectivity index (χ3n) is 4.45. The van der Waals surface area contributed by atoms with Crippen molar-refractivity contribution >= 4 is 26.8 Å². The molecule has 2 aromatic rings. The molecule has 4 rings (SSSR count). The van der Waals surface area contributed by atoms with Crippen LogP contribution in [-0.4, -0.2) is 19.6 Å². The Hall–Kier alpha value is -1.92. The minimum Gasteiger partial charge on any atom is -0.273 e. The van der Waals surface area contributed by atoms with Gasteiger partial charge in [0, 0.05) is 0 Å². The van der Waals surface area contributed by atoms with Crippen LogP contribution in [0.4, 0.5) is 43.9 Å².